The molecule has 4 rings (SSSR count). The van der Waals surface area contributed by atoms with E-state index in [-0.39, 0.29) is 17.0 Å². The van der Waals surface area contributed by atoms with Gasteiger partial charge < -0.3 is 5.32 Å². The Balaban J connectivity index is 1.54. The van der Waals surface area contributed by atoms with Gasteiger partial charge in [-0.15, -0.1) is 0 Å². The summed E-state index contributed by atoms with van der Waals surface area (Å²) < 4.78 is 1.72. The maximum atomic E-state index is 12.8. The molecule has 27 heavy (non-hydrogen) atoms. The van der Waals surface area contributed by atoms with Crippen molar-refractivity contribution in [2.75, 3.05) is 6.54 Å². The van der Waals surface area contributed by atoms with Crippen molar-refractivity contribution in [1.82, 2.24) is 20.1 Å². The lowest BCUT2D eigenvalue weighted by Crippen LogP contribution is -2.33. The molecule has 0 atom stereocenters. The van der Waals surface area contributed by atoms with E-state index in [9.17, 15) is 4.79 Å². The molecule has 1 aromatic carbocycles. The van der Waals surface area contributed by atoms with Crippen LogP contribution in [0.3, 0.4) is 0 Å². The molecule has 138 valence electrons. The Kier molecular flexibility index (Phi) is 4.48. The SMILES string of the molecule is Cc1cc(C)n(-c2ccc(Cl)c(C(=O)NCC3(c4ccccc4)CC3)n2)n1. The Morgan fingerprint density at radius 1 is 1.19 bits per heavy atom. The fourth-order valence-corrected chi connectivity index (χ4v) is 3.60. The summed E-state index contributed by atoms with van der Waals surface area (Å²) >= 11 is 6.25. The van der Waals surface area contributed by atoms with Crippen molar-refractivity contribution in [2.24, 2.45) is 0 Å². The Labute approximate surface area is 163 Å². The minimum absolute atomic E-state index is 0.0384. The molecule has 0 spiro atoms. The van der Waals surface area contributed by atoms with Gasteiger partial charge in [0.05, 0.1) is 10.7 Å². The van der Waals surface area contributed by atoms with E-state index in [4.69, 9.17) is 11.6 Å². The molecule has 2 aromatic heterocycles. The fraction of sp³-hybridized carbons (Fsp3) is 0.286. The molecule has 0 unspecified atom stereocenters. The maximum absolute atomic E-state index is 12.8. The van der Waals surface area contributed by atoms with Crippen LogP contribution in [-0.4, -0.2) is 27.2 Å². The number of carbonyl (C=O) groups is 1. The number of hydrogen-bond donors (Lipinski definition) is 1. The third kappa shape index (κ3) is 3.47. The molecule has 0 aliphatic heterocycles. The molecule has 0 saturated heterocycles. The van der Waals surface area contributed by atoms with Crippen molar-refractivity contribution < 1.29 is 4.79 Å². The summed E-state index contributed by atoms with van der Waals surface area (Å²) in [4.78, 5) is 17.2. The van der Waals surface area contributed by atoms with E-state index in [1.165, 1.54) is 5.56 Å². The second-order valence-corrected chi connectivity index (χ2v) is 7.58. The Hall–Kier alpha value is -2.66. The van der Waals surface area contributed by atoms with Gasteiger partial charge in [0.25, 0.3) is 5.91 Å². The van der Waals surface area contributed by atoms with Crippen molar-refractivity contribution in [2.45, 2.75) is 32.1 Å². The van der Waals surface area contributed by atoms with Crippen LogP contribution in [0.1, 0.15) is 40.3 Å². The van der Waals surface area contributed by atoms with E-state index < -0.39 is 0 Å². The number of aryl methyl sites for hydroxylation is 2. The van der Waals surface area contributed by atoms with Crippen LogP contribution in [0.5, 0.6) is 0 Å². The Bertz CT molecular complexity index is 993. The van der Waals surface area contributed by atoms with Gasteiger partial charge in [0, 0.05) is 17.7 Å². The van der Waals surface area contributed by atoms with Gasteiger partial charge in [-0.25, -0.2) is 9.67 Å². The van der Waals surface area contributed by atoms with E-state index >= 15 is 0 Å². The van der Waals surface area contributed by atoms with Gasteiger partial charge in [-0.2, -0.15) is 5.10 Å². The summed E-state index contributed by atoms with van der Waals surface area (Å²) in [6.07, 6.45) is 2.15. The Morgan fingerprint density at radius 2 is 1.93 bits per heavy atom. The fourth-order valence-electron chi connectivity index (χ4n) is 3.41. The van der Waals surface area contributed by atoms with Gasteiger partial charge in [-0.1, -0.05) is 41.9 Å². The molecule has 2 heterocycles. The van der Waals surface area contributed by atoms with E-state index in [0.717, 1.165) is 24.2 Å². The summed E-state index contributed by atoms with van der Waals surface area (Å²) in [6, 6.07) is 15.7. The van der Waals surface area contributed by atoms with E-state index in [0.29, 0.717) is 17.4 Å². The molecule has 1 fully saturated rings. The number of benzene rings is 1. The molecule has 1 amide bonds. The zero-order valence-corrected chi connectivity index (χ0v) is 16.1. The number of amides is 1. The number of halogens is 1. The van der Waals surface area contributed by atoms with Crippen LogP contribution in [0, 0.1) is 13.8 Å². The first-order valence-corrected chi connectivity index (χ1v) is 9.40. The average molecular weight is 381 g/mol. The summed E-state index contributed by atoms with van der Waals surface area (Å²) in [5, 5.41) is 7.78. The summed E-state index contributed by atoms with van der Waals surface area (Å²) in [5.74, 6) is 0.324. The lowest BCUT2D eigenvalue weighted by Gasteiger charge is -2.17. The van der Waals surface area contributed by atoms with Crippen LogP contribution >= 0.6 is 11.6 Å². The van der Waals surface area contributed by atoms with E-state index in [1.54, 1.807) is 16.8 Å². The van der Waals surface area contributed by atoms with Gasteiger partial charge in [-0.05, 0) is 50.5 Å². The molecular formula is C21H21ClN4O. The van der Waals surface area contributed by atoms with Gasteiger partial charge in [-0.3, -0.25) is 4.79 Å². The number of aromatic nitrogens is 3. The highest BCUT2D eigenvalue weighted by Crippen LogP contribution is 2.47. The number of carbonyl (C=O) groups excluding carboxylic acids is 1. The second kappa shape index (κ2) is 6.82. The first-order valence-electron chi connectivity index (χ1n) is 9.02. The van der Waals surface area contributed by atoms with Gasteiger partial charge >= 0.3 is 0 Å². The number of nitrogens with one attached hydrogen (secondary N) is 1. The summed E-state index contributed by atoms with van der Waals surface area (Å²) in [5.41, 5.74) is 3.38. The first-order chi connectivity index (χ1) is 13.0. The predicted octanol–water partition coefficient (Wildman–Crippen LogP) is 4.00. The predicted molar refractivity (Wildman–Crippen MR) is 106 cm³/mol. The van der Waals surface area contributed by atoms with Gasteiger partial charge in [0.15, 0.2) is 5.82 Å². The van der Waals surface area contributed by atoms with Gasteiger partial charge in [0.2, 0.25) is 0 Å². The highest BCUT2D eigenvalue weighted by molar-refractivity contribution is 6.33. The quantitative estimate of drug-likeness (QED) is 0.727. The third-order valence-electron chi connectivity index (χ3n) is 5.10. The normalized spacial score (nSPS) is 14.8. The smallest absolute Gasteiger partial charge is 0.271 e. The minimum Gasteiger partial charge on any atom is -0.350 e. The van der Waals surface area contributed by atoms with Crippen LogP contribution in [0.2, 0.25) is 5.02 Å². The van der Waals surface area contributed by atoms with Crippen LogP contribution in [-0.2, 0) is 5.41 Å². The van der Waals surface area contributed by atoms with E-state index in [2.05, 4.69) is 27.5 Å². The number of nitrogens with zero attached hydrogens (tertiary/aromatic N) is 3. The zero-order valence-electron chi connectivity index (χ0n) is 15.4. The lowest BCUT2D eigenvalue weighted by atomic mass is 9.96. The minimum atomic E-state index is -0.259. The number of hydrogen-bond acceptors (Lipinski definition) is 3. The molecule has 0 bridgehead atoms. The molecule has 1 aliphatic carbocycles. The third-order valence-corrected chi connectivity index (χ3v) is 5.41. The summed E-state index contributed by atoms with van der Waals surface area (Å²) in [7, 11) is 0. The largest absolute Gasteiger partial charge is 0.350 e. The van der Waals surface area contributed by atoms with Crippen LogP contribution in [0.4, 0.5) is 0 Å². The van der Waals surface area contributed by atoms with Crippen LogP contribution < -0.4 is 5.32 Å². The van der Waals surface area contributed by atoms with Crippen LogP contribution in [0.25, 0.3) is 5.82 Å². The zero-order chi connectivity index (χ0) is 19.0. The van der Waals surface area contributed by atoms with Crippen molar-refractivity contribution in [3.63, 3.8) is 0 Å². The van der Waals surface area contributed by atoms with Crippen molar-refractivity contribution in [1.29, 1.82) is 0 Å². The maximum Gasteiger partial charge on any atom is 0.271 e. The molecule has 1 N–H and O–H groups in total. The van der Waals surface area contributed by atoms with Crippen molar-refractivity contribution in [3.05, 3.63) is 76.2 Å². The monoisotopic (exact) mass is 380 g/mol. The molecule has 0 radical (unpaired) electrons. The molecule has 1 saturated carbocycles. The lowest BCUT2D eigenvalue weighted by molar-refractivity contribution is 0.0945. The van der Waals surface area contributed by atoms with Crippen LogP contribution in [0.15, 0.2) is 48.5 Å². The van der Waals surface area contributed by atoms with Crippen molar-refractivity contribution in [3.8, 4) is 5.82 Å². The molecule has 6 heteroatoms. The highest BCUT2D eigenvalue weighted by Gasteiger charge is 2.44. The number of pyridine rings is 1. The molecule has 1 aliphatic rings. The summed E-state index contributed by atoms with van der Waals surface area (Å²) in [6.45, 7) is 4.45. The average Bonchev–Trinajstić information content (AvgIpc) is 3.39. The second-order valence-electron chi connectivity index (χ2n) is 7.17. The van der Waals surface area contributed by atoms with Gasteiger partial charge in [0.1, 0.15) is 5.69 Å². The first kappa shape index (κ1) is 17.7. The number of rotatable bonds is 5. The molecule has 5 nitrogen and oxygen atoms in total. The van der Waals surface area contributed by atoms with E-state index in [1.807, 2.05) is 38.1 Å². The highest BCUT2D eigenvalue weighted by atomic mass is 35.5. The standard InChI is InChI=1S/C21H21ClN4O/c1-14-12-15(2)26(25-14)18-9-8-17(22)19(24-18)20(27)23-13-21(10-11-21)16-6-4-3-5-7-16/h3-9,12H,10-11,13H2,1-2H3,(H,23,27). The Morgan fingerprint density at radius 3 is 2.56 bits per heavy atom. The van der Waals surface area contributed by atoms with Crippen molar-refractivity contribution >= 4 is 17.5 Å². The topological polar surface area (TPSA) is 59.8 Å². The molecule has 3 aromatic rings. The molecular weight excluding hydrogens is 360 g/mol.